The summed E-state index contributed by atoms with van der Waals surface area (Å²) in [5.74, 6) is 0.312. The summed E-state index contributed by atoms with van der Waals surface area (Å²) in [7, 11) is -1.68. The maximum atomic E-state index is 11.2. The monoisotopic (exact) mass is 292 g/mol. The van der Waals surface area contributed by atoms with E-state index in [1.165, 1.54) is 12.3 Å². The molecular weight excluding hydrogens is 283 g/mol. The minimum absolute atomic E-state index is 0. The van der Waals surface area contributed by atoms with Gasteiger partial charge in [0.05, 0.1) is 5.02 Å². The Bertz CT molecular complexity index is 422. The van der Waals surface area contributed by atoms with E-state index in [2.05, 4.69) is 10.3 Å². The molecule has 1 N–H and O–H groups in total. The van der Waals surface area contributed by atoms with E-state index in [9.17, 15) is 8.42 Å². The summed E-state index contributed by atoms with van der Waals surface area (Å²) in [5, 5.41) is 2.99. The molecule has 4 nitrogen and oxygen atoms in total. The number of sulfone groups is 1. The van der Waals surface area contributed by atoms with Gasteiger partial charge in [-0.1, -0.05) is 11.6 Å². The number of nitrogens with one attached hydrogen (secondary N) is 1. The highest BCUT2D eigenvalue weighted by atomic mass is 35.5. The highest BCUT2D eigenvalue weighted by Gasteiger charge is 2.13. The Morgan fingerprint density at radius 3 is 2.33 bits per heavy atom. The molecule has 15 heavy (non-hydrogen) atoms. The molecule has 0 spiro atoms. The minimum atomic E-state index is -3.28. The number of pyridine rings is 1. The van der Waals surface area contributed by atoms with Crippen LogP contribution in [0.3, 0.4) is 0 Å². The maximum Gasteiger partial charge on any atom is 0.179 e. The van der Waals surface area contributed by atoms with Crippen LogP contribution in [-0.4, -0.2) is 26.7 Å². The Kier molecular flexibility index (Phi) is 7.30. The molecule has 0 aliphatic heterocycles. The van der Waals surface area contributed by atoms with Crippen LogP contribution >= 0.6 is 36.4 Å². The second-order valence-corrected chi connectivity index (χ2v) is 4.94. The first-order valence-electron chi connectivity index (χ1n) is 3.48. The van der Waals surface area contributed by atoms with Gasteiger partial charge in [0.25, 0.3) is 0 Å². The third-order valence-corrected chi connectivity index (χ3v) is 2.77. The molecule has 0 unspecified atom stereocenters. The topological polar surface area (TPSA) is 59.1 Å². The van der Waals surface area contributed by atoms with Gasteiger partial charge in [0.2, 0.25) is 0 Å². The van der Waals surface area contributed by atoms with Gasteiger partial charge in [0.1, 0.15) is 10.7 Å². The van der Waals surface area contributed by atoms with E-state index < -0.39 is 9.84 Å². The number of nitrogens with zero attached hydrogens (tertiary/aromatic N) is 1. The lowest BCUT2D eigenvalue weighted by Gasteiger charge is -2.05. The van der Waals surface area contributed by atoms with Crippen molar-refractivity contribution in [2.45, 2.75) is 4.90 Å². The molecule has 8 heteroatoms. The quantitative estimate of drug-likeness (QED) is 0.906. The summed E-state index contributed by atoms with van der Waals surface area (Å²) in [6, 6.07) is 1.37. The predicted octanol–water partition coefficient (Wildman–Crippen LogP) is 2.02. The summed E-state index contributed by atoms with van der Waals surface area (Å²) in [4.78, 5) is 3.95. The van der Waals surface area contributed by atoms with Gasteiger partial charge in [-0.25, -0.2) is 13.4 Å². The van der Waals surface area contributed by atoms with Crippen LogP contribution in [0.5, 0.6) is 0 Å². The second kappa shape index (κ2) is 6.37. The first kappa shape index (κ1) is 17.2. The summed E-state index contributed by atoms with van der Waals surface area (Å²) >= 11 is 5.63. The number of rotatable bonds is 2. The van der Waals surface area contributed by atoms with Crippen LogP contribution < -0.4 is 5.32 Å². The smallest absolute Gasteiger partial charge is 0.179 e. The van der Waals surface area contributed by atoms with Crippen LogP contribution in [0.1, 0.15) is 0 Å². The lowest BCUT2D eigenvalue weighted by molar-refractivity contribution is 0.602. The second-order valence-electron chi connectivity index (χ2n) is 2.52. The Labute approximate surface area is 106 Å². The Morgan fingerprint density at radius 2 is 1.93 bits per heavy atom. The zero-order valence-corrected chi connectivity index (χ0v) is 11.2. The molecule has 0 bridgehead atoms. The maximum absolute atomic E-state index is 11.2. The van der Waals surface area contributed by atoms with E-state index >= 15 is 0 Å². The lowest BCUT2D eigenvalue weighted by atomic mass is 10.4. The van der Waals surface area contributed by atoms with Gasteiger partial charge >= 0.3 is 0 Å². The van der Waals surface area contributed by atoms with Gasteiger partial charge in [-0.15, -0.1) is 24.8 Å². The fourth-order valence-electron chi connectivity index (χ4n) is 0.891. The highest BCUT2D eigenvalue weighted by molar-refractivity contribution is 7.90. The third kappa shape index (κ3) is 4.42. The number of aromatic nitrogens is 1. The number of halogens is 3. The van der Waals surface area contributed by atoms with Crippen LogP contribution in [0, 0.1) is 0 Å². The van der Waals surface area contributed by atoms with Crippen molar-refractivity contribution in [3.63, 3.8) is 0 Å². The molecule has 0 aliphatic rings. The van der Waals surface area contributed by atoms with E-state index in [0.717, 1.165) is 6.26 Å². The number of hydrogen-bond donors (Lipinski definition) is 1. The molecule has 88 valence electrons. The molecule has 1 heterocycles. The van der Waals surface area contributed by atoms with Crippen LogP contribution in [0.2, 0.25) is 5.02 Å². The van der Waals surface area contributed by atoms with Crippen molar-refractivity contribution in [1.82, 2.24) is 4.98 Å². The molecule has 0 amide bonds. The Hall–Kier alpha value is -0.230. The largest absolute Gasteiger partial charge is 0.372 e. The van der Waals surface area contributed by atoms with Crippen molar-refractivity contribution in [3.8, 4) is 0 Å². The van der Waals surface area contributed by atoms with Crippen LogP contribution in [0.25, 0.3) is 0 Å². The van der Waals surface area contributed by atoms with Crippen LogP contribution in [0.15, 0.2) is 17.2 Å². The first-order valence-corrected chi connectivity index (χ1v) is 5.75. The van der Waals surface area contributed by atoms with Gasteiger partial charge in [0, 0.05) is 19.5 Å². The molecule has 0 aromatic carbocycles. The molecule has 1 aromatic heterocycles. The summed E-state index contributed by atoms with van der Waals surface area (Å²) in [5.41, 5.74) is 0. The number of anilines is 1. The molecule has 1 aromatic rings. The van der Waals surface area contributed by atoms with Gasteiger partial charge in [-0.05, 0) is 6.07 Å². The average Bonchev–Trinajstić information content (AvgIpc) is 2.03. The van der Waals surface area contributed by atoms with Crippen molar-refractivity contribution >= 4 is 52.1 Å². The van der Waals surface area contributed by atoms with Gasteiger partial charge in [-0.3, -0.25) is 0 Å². The van der Waals surface area contributed by atoms with E-state index in [0.29, 0.717) is 10.8 Å². The summed E-state index contributed by atoms with van der Waals surface area (Å²) in [6.07, 6.45) is 2.50. The standard InChI is InChI=1S/C7H9ClN2O2S.2ClH/c1-9-7-6(13(2,11)12)3-5(8)4-10-7;;/h3-4H,1-2H3,(H,9,10);2*1H. The zero-order valence-electron chi connectivity index (χ0n) is 8.02. The molecule has 0 saturated carbocycles. The molecule has 0 aliphatic carbocycles. The normalized spacial score (nSPS) is 9.80. The minimum Gasteiger partial charge on any atom is -0.372 e. The molecular formula is C7H11Cl3N2O2S. The fourth-order valence-corrected chi connectivity index (χ4v) is 1.96. The SMILES string of the molecule is CNc1ncc(Cl)cc1S(C)(=O)=O.Cl.Cl. The van der Waals surface area contributed by atoms with E-state index in [1.54, 1.807) is 7.05 Å². The predicted molar refractivity (Wildman–Crippen MR) is 66.4 cm³/mol. The molecule has 0 saturated heterocycles. The van der Waals surface area contributed by atoms with Crippen molar-refractivity contribution in [2.75, 3.05) is 18.6 Å². The molecule has 1 rings (SSSR count). The van der Waals surface area contributed by atoms with Crippen molar-refractivity contribution in [1.29, 1.82) is 0 Å². The van der Waals surface area contributed by atoms with Gasteiger partial charge in [0.15, 0.2) is 9.84 Å². The van der Waals surface area contributed by atoms with Crippen molar-refractivity contribution < 1.29 is 8.42 Å². The van der Waals surface area contributed by atoms with E-state index in [4.69, 9.17) is 11.6 Å². The summed E-state index contributed by atoms with van der Waals surface area (Å²) in [6.45, 7) is 0. The van der Waals surface area contributed by atoms with Crippen LogP contribution in [0.4, 0.5) is 5.82 Å². The van der Waals surface area contributed by atoms with Gasteiger partial charge < -0.3 is 5.32 Å². The Balaban J connectivity index is 0. The van der Waals surface area contributed by atoms with Crippen molar-refractivity contribution in [3.05, 3.63) is 17.3 Å². The first-order chi connectivity index (χ1) is 5.95. The summed E-state index contributed by atoms with van der Waals surface area (Å²) < 4.78 is 22.5. The molecule has 0 fully saturated rings. The zero-order chi connectivity index (χ0) is 10.1. The lowest BCUT2D eigenvalue weighted by Crippen LogP contribution is -2.04. The van der Waals surface area contributed by atoms with Crippen molar-refractivity contribution in [2.24, 2.45) is 0 Å². The average molecular weight is 294 g/mol. The molecule has 0 radical (unpaired) electrons. The van der Waals surface area contributed by atoms with Gasteiger partial charge in [-0.2, -0.15) is 0 Å². The van der Waals surface area contributed by atoms with Crippen LogP contribution in [-0.2, 0) is 9.84 Å². The fraction of sp³-hybridized carbons (Fsp3) is 0.286. The number of hydrogen-bond acceptors (Lipinski definition) is 4. The van der Waals surface area contributed by atoms with E-state index in [1.807, 2.05) is 0 Å². The van der Waals surface area contributed by atoms with E-state index in [-0.39, 0.29) is 29.7 Å². The highest BCUT2D eigenvalue weighted by Crippen LogP contribution is 2.21. The third-order valence-electron chi connectivity index (χ3n) is 1.46. The molecule has 0 atom stereocenters. The Morgan fingerprint density at radius 1 is 1.40 bits per heavy atom.